The van der Waals surface area contributed by atoms with E-state index in [4.69, 9.17) is 4.74 Å². The number of benzene rings is 1. The summed E-state index contributed by atoms with van der Waals surface area (Å²) >= 11 is 0. The van der Waals surface area contributed by atoms with Gasteiger partial charge in [0.15, 0.2) is 18.0 Å². The van der Waals surface area contributed by atoms with Gasteiger partial charge in [-0.3, -0.25) is 9.58 Å². The Morgan fingerprint density at radius 2 is 2.00 bits per heavy atom. The van der Waals surface area contributed by atoms with Crippen molar-refractivity contribution in [3.8, 4) is 0 Å². The number of nitrogens with zero attached hydrogens (tertiary/aromatic N) is 4. The minimum absolute atomic E-state index is 0.0300. The molecule has 1 saturated carbocycles. The molecule has 2 aliphatic heterocycles. The highest BCUT2D eigenvalue weighted by Gasteiger charge is 2.49. The third kappa shape index (κ3) is 3.24. The summed E-state index contributed by atoms with van der Waals surface area (Å²) in [7, 11) is 0. The van der Waals surface area contributed by atoms with E-state index in [1.54, 1.807) is 11.1 Å². The molecule has 1 amide bonds. The Labute approximate surface area is 184 Å². The number of aliphatic hydroxyl groups is 1. The zero-order valence-electron chi connectivity index (χ0n) is 18.3. The minimum atomic E-state index is -1.12. The zero-order valence-corrected chi connectivity index (χ0v) is 18.3. The first kappa shape index (κ1) is 21.1. The van der Waals surface area contributed by atoms with Crippen LogP contribution in [0, 0.1) is 11.6 Å². The number of fused-ring (bicyclic) bond motifs is 3. The van der Waals surface area contributed by atoms with E-state index in [1.165, 1.54) is 6.07 Å². The van der Waals surface area contributed by atoms with Crippen LogP contribution in [0.4, 0.5) is 25.0 Å². The average molecular weight is 447 g/mol. The second-order valence-corrected chi connectivity index (χ2v) is 9.32. The molecule has 5 rings (SSSR count). The molecule has 2 fully saturated rings. The van der Waals surface area contributed by atoms with Crippen molar-refractivity contribution < 1.29 is 23.4 Å². The number of amides is 1. The van der Waals surface area contributed by atoms with E-state index in [0.717, 1.165) is 37.1 Å². The maximum absolute atomic E-state index is 13.6. The molecule has 3 heterocycles. The molecule has 8 nitrogen and oxygen atoms in total. The maximum Gasteiger partial charge on any atom is 0.415 e. The van der Waals surface area contributed by atoms with E-state index in [-0.39, 0.29) is 23.8 Å². The summed E-state index contributed by atoms with van der Waals surface area (Å²) in [6.45, 7) is 6.03. The molecule has 1 saturated heterocycles. The lowest BCUT2D eigenvalue weighted by molar-refractivity contribution is -0.0361. The van der Waals surface area contributed by atoms with Crippen molar-refractivity contribution in [1.29, 1.82) is 0 Å². The van der Waals surface area contributed by atoms with Crippen molar-refractivity contribution in [2.75, 3.05) is 10.2 Å². The molecular weight excluding hydrogens is 420 g/mol. The Balaban J connectivity index is 1.46. The fraction of sp³-hybridized carbons (Fsp3) is 0.545. The standard InChI is InChI=1S/C22H27F2N5O3/c1-12-22(2,3)32-21(31)28(12)18-10-25-29-17-6-4-5-16(17)27(11-19(18)29)20(30)26-13-7-8-14(23)15(24)9-13/h7-10,12,16-17,20,26,30H,4-6,11H2,1-3H3/t12-,16-,17+,20?/m0/s1. The largest absolute Gasteiger partial charge is 0.441 e. The van der Waals surface area contributed by atoms with Gasteiger partial charge in [-0.1, -0.05) is 0 Å². The number of rotatable bonds is 4. The summed E-state index contributed by atoms with van der Waals surface area (Å²) in [5.41, 5.74) is 1.14. The number of hydrogen-bond acceptors (Lipinski definition) is 6. The number of carbonyl (C=O) groups excluding carboxylic acids is 1. The molecule has 1 aliphatic carbocycles. The van der Waals surface area contributed by atoms with Crippen LogP contribution >= 0.6 is 0 Å². The first-order chi connectivity index (χ1) is 15.2. The molecule has 2 aromatic rings. The summed E-state index contributed by atoms with van der Waals surface area (Å²) in [6, 6.07) is 3.32. The van der Waals surface area contributed by atoms with Crippen molar-refractivity contribution in [2.45, 2.75) is 76.7 Å². The Morgan fingerprint density at radius 1 is 1.25 bits per heavy atom. The first-order valence-electron chi connectivity index (χ1n) is 10.9. The van der Waals surface area contributed by atoms with Crippen molar-refractivity contribution in [3.63, 3.8) is 0 Å². The number of aromatic nitrogens is 2. The Kier molecular flexibility index (Phi) is 4.90. The molecule has 32 heavy (non-hydrogen) atoms. The van der Waals surface area contributed by atoms with Gasteiger partial charge >= 0.3 is 6.09 Å². The number of anilines is 2. The Hall–Kier alpha value is -2.72. The van der Waals surface area contributed by atoms with Gasteiger partial charge in [-0.05, 0) is 52.2 Å². The van der Waals surface area contributed by atoms with Crippen LogP contribution in [0.1, 0.15) is 51.8 Å². The predicted octanol–water partition coefficient (Wildman–Crippen LogP) is 3.58. The van der Waals surface area contributed by atoms with Gasteiger partial charge in [-0.15, -0.1) is 0 Å². The van der Waals surface area contributed by atoms with Gasteiger partial charge in [-0.2, -0.15) is 5.10 Å². The zero-order chi connectivity index (χ0) is 22.8. The van der Waals surface area contributed by atoms with Gasteiger partial charge in [0.1, 0.15) is 5.60 Å². The van der Waals surface area contributed by atoms with Crippen LogP contribution in [0.25, 0.3) is 0 Å². The van der Waals surface area contributed by atoms with Crippen molar-refractivity contribution >= 4 is 17.5 Å². The molecule has 4 atom stereocenters. The van der Waals surface area contributed by atoms with E-state index < -0.39 is 29.7 Å². The second-order valence-electron chi connectivity index (χ2n) is 9.32. The second kappa shape index (κ2) is 7.41. The van der Waals surface area contributed by atoms with Gasteiger partial charge in [0, 0.05) is 24.3 Å². The molecule has 0 spiro atoms. The van der Waals surface area contributed by atoms with Gasteiger partial charge in [-0.25, -0.2) is 18.5 Å². The highest BCUT2D eigenvalue weighted by atomic mass is 19.2. The monoisotopic (exact) mass is 447 g/mol. The quantitative estimate of drug-likeness (QED) is 0.698. The van der Waals surface area contributed by atoms with Gasteiger partial charge in [0.2, 0.25) is 0 Å². The fourth-order valence-corrected chi connectivity index (χ4v) is 5.12. The van der Waals surface area contributed by atoms with Crippen LogP contribution in [0.5, 0.6) is 0 Å². The highest BCUT2D eigenvalue weighted by molar-refractivity contribution is 5.91. The smallest absolute Gasteiger partial charge is 0.415 e. The maximum atomic E-state index is 13.6. The molecule has 0 radical (unpaired) electrons. The van der Waals surface area contributed by atoms with E-state index in [1.807, 2.05) is 30.4 Å². The van der Waals surface area contributed by atoms with E-state index in [0.29, 0.717) is 12.2 Å². The highest BCUT2D eigenvalue weighted by Crippen LogP contribution is 2.44. The van der Waals surface area contributed by atoms with Crippen LogP contribution < -0.4 is 10.2 Å². The van der Waals surface area contributed by atoms with Crippen LogP contribution in [-0.4, -0.2) is 49.9 Å². The number of halogens is 2. The van der Waals surface area contributed by atoms with Gasteiger partial charge in [0.05, 0.1) is 29.7 Å². The normalized spacial score (nSPS) is 27.8. The lowest BCUT2D eigenvalue weighted by Crippen LogP contribution is -2.52. The molecule has 172 valence electrons. The number of hydrogen-bond donors (Lipinski definition) is 2. The van der Waals surface area contributed by atoms with Crippen LogP contribution in [-0.2, 0) is 11.3 Å². The third-order valence-corrected chi connectivity index (χ3v) is 7.12. The lowest BCUT2D eigenvalue weighted by Gasteiger charge is -2.41. The number of cyclic esters (lactones) is 1. The topological polar surface area (TPSA) is 82.9 Å². The van der Waals surface area contributed by atoms with Gasteiger partial charge in [0.25, 0.3) is 0 Å². The van der Waals surface area contributed by atoms with Gasteiger partial charge < -0.3 is 15.2 Å². The molecule has 10 heteroatoms. The van der Waals surface area contributed by atoms with E-state index in [2.05, 4.69) is 10.4 Å². The van der Waals surface area contributed by atoms with Crippen molar-refractivity contribution in [1.82, 2.24) is 14.7 Å². The Bertz CT molecular complexity index is 1060. The molecule has 1 aromatic carbocycles. The Morgan fingerprint density at radius 3 is 2.69 bits per heavy atom. The first-order valence-corrected chi connectivity index (χ1v) is 10.9. The summed E-state index contributed by atoms with van der Waals surface area (Å²) in [5, 5.41) is 18.5. The number of carbonyl (C=O) groups is 1. The third-order valence-electron chi connectivity index (χ3n) is 7.12. The molecule has 3 aliphatic rings. The number of aliphatic hydroxyl groups excluding tert-OH is 1. The fourth-order valence-electron chi connectivity index (χ4n) is 5.12. The SMILES string of the molecule is C[C@@H]1N(c2cnn3c2CN(C(O)Nc2ccc(F)c(F)c2)[C@H]2CCC[C@H]23)C(=O)OC1(C)C. The molecular formula is C22H27F2N5O3. The van der Waals surface area contributed by atoms with Crippen LogP contribution in [0.3, 0.4) is 0 Å². The van der Waals surface area contributed by atoms with Crippen molar-refractivity contribution in [2.24, 2.45) is 0 Å². The van der Waals surface area contributed by atoms with E-state index in [9.17, 15) is 18.7 Å². The van der Waals surface area contributed by atoms with Crippen LogP contribution in [0.15, 0.2) is 24.4 Å². The summed E-state index contributed by atoms with van der Waals surface area (Å²) in [4.78, 5) is 16.2. The number of ether oxygens (including phenoxy) is 1. The van der Waals surface area contributed by atoms with Crippen LogP contribution in [0.2, 0.25) is 0 Å². The molecule has 1 unspecified atom stereocenters. The molecule has 2 N–H and O–H groups in total. The summed E-state index contributed by atoms with van der Waals surface area (Å²) in [5.74, 6) is -1.92. The van der Waals surface area contributed by atoms with E-state index >= 15 is 0 Å². The predicted molar refractivity (Wildman–Crippen MR) is 113 cm³/mol. The molecule has 1 aromatic heterocycles. The average Bonchev–Trinajstić information content (AvgIpc) is 3.41. The molecule has 0 bridgehead atoms. The summed E-state index contributed by atoms with van der Waals surface area (Å²) in [6.07, 6.45) is 2.92. The summed E-state index contributed by atoms with van der Waals surface area (Å²) < 4.78 is 34.4. The van der Waals surface area contributed by atoms with Crippen molar-refractivity contribution in [3.05, 3.63) is 41.7 Å². The number of nitrogens with one attached hydrogen (secondary N) is 1. The minimum Gasteiger partial charge on any atom is -0.441 e. The lowest BCUT2D eigenvalue weighted by atomic mass is 10.00.